The Labute approximate surface area is 117 Å². The van der Waals surface area contributed by atoms with E-state index < -0.39 is 0 Å². The molecule has 0 unspecified atom stereocenters. The smallest absolute Gasteiger partial charge is 0.138 e. The molecule has 1 aliphatic rings. The number of hydrogen-bond acceptors (Lipinski definition) is 5. The second-order valence-corrected chi connectivity index (χ2v) is 6.20. The van der Waals surface area contributed by atoms with E-state index in [0.717, 1.165) is 17.1 Å². The summed E-state index contributed by atoms with van der Waals surface area (Å²) in [5, 5.41) is 4.69. The molecule has 19 heavy (non-hydrogen) atoms. The molecule has 0 radical (unpaired) electrons. The lowest BCUT2D eigenvalue weighted by molar-refractivity contribution is 0.190. The lowest BCUT2D eigenvalue weighted by Gasteiger charge is -2.16. The zero-order valence-electron chi connectivity index (χ0n) is 11.4. The molecule has 4 nitrogen and oxygen atoms in total. The van der Waals surface area contributed by atoms with Gasteiger partial charge in [0.15, 0.2) is 0 Å². The van der Waals surface area contributed by atoms with E-state index in [1.54, 1.807) is 13.4 Å². The monoisotopic (exact) mass is 277 g/mol. The number of aryl methyl sites for hydroxylation is 2. The van der Waals surface area contributed by atoms with Gasteiger partial charge in [-0.25, -0.2) is 9.97 Å². The molecular formula is C14H19N3OS. The Morgan fingerprint density at radius 1 is 1.37 bits per heavy atom. The Hall–Kier alpha value is -1.20. The maximum absolute atomic E-state index is 5.18. The van der Waals surface area contributed by atoms with E-state index >= 15 is 0 Å². The highest BCUT2D eigenvalue weighted by molar-refractivity contribution is 7.19. The van der Waals surface area contributed by atoms with Crippen molar-refractivity contribution in [3.8, 4) is 0 Å². The van der Waals surface area contributed by atoms with Crippen molar-refractivity contribution >= 4 is 27.4 Å². The quantitative estimate of drug-likeness (QED) is 0.933. The molecule has 2 aromatic heterocycles. The molecule has 0 saturated heterocycles. The Kier molecular flexibility index (Phi) is 3.66. The van der Waals surface area contributed by atoms with Crippen molar-refractivity contribution in [1.29, 1.82) is 0 Å². The highest BCUT2D eigenvalue weighted by Gasteiger charge is 2.20. The fraction of sp³-hybridized carbons (Fsp3) is 0.571. The molecule has 3 rings (SSSR count). The standard InChI is InChI=1S/C14H19N3OS/c1-9(7-18-2)17-13-12-10-5-3-4-6-11(10)19-14(12)16-8-15-13/h8-9H,3-7H2,1-2H3,(H,15,16,17)/t9-/m0/s1. The van der Waals surface area contributed by atoms with Crippen LogP contribution in [0.15, 0.2) is 6.33 Å². The van der Waals surface area contributed by atoms with Gasteiger partial charge in [0, 0.05) is 18.0 Å². The predicted octanol–water partition coefficient (Wildman–Crippen LogP) is 3.02. The molecule has 1 aliphatic carbocycles. The summed E-state index contributed by atoms with van der Waals surface area (Å²) in [6, 6.07) is 0.252. The molecule has 0 fully saturated rings. The van der Waals surface area contributed by atoms with Gasteiger partial charge in [0.2, 0.25) is 0 Å². The molecule has 0 aromatic carbocycles. The van der Waals surface area contributed by atoms with Gasteiger partial charge in [0.05, 0.1) is 12.0 Å². The van der Waals surface area contributed by atoms with Crippen molar-refractivity contribution in [3.05, 3.63) is 16.8 Å². The van der Waals surface area contributed by atoms with Gasteiger partial charge in [-0.3, -0.25) is 0 Å². The van der Waals surface area contributed by atoms with Crippen LogP contribution in [0, 0.1) is 0 Å². The average molecular weight is 277 g/mol. The summed E-state index contributed by atoms with van der Waals surface area (Å²) in [5.74, 6) is 0.967. The molecule has 0 saturated carbocycles. The van der Waals surface area contributed by atoms with Gasteiger partial charge in [-0.1, -0.05) is 0 Å². The van der Waals surface area contributed by atoms with E-state index in [1.165, 1.54) is 35.1 Å². The van der Waals surface area contributed by atoms with Gasteiger partial charge < -0.3 is 10.1 Å². The van der Waals surface area contributed by atoms with E-state index in [2.05, 4.69) is 22.2 Å². The Bertz CT molecular complexity index is 581. The number of nitrogens with zero attached hydrogens (tertiary/aromatic N) is 2. The minimum atomic E-state index is 0.252. The van der Waals surface area contributed by atoms with Crippen LogP contribution < -0.4 is 5.32 Å². The first-order chi connectivity index (χ1) is 9.29. The van der Waals surface area contributed by atoms with E-state index in [0.29, 0.717) is 6.61 Å². The van der Waals surface area contributed by atoms with Gasteiger partial charge in [0.1, 0.15) is 17.0 Å². The molecule has 2 heterocycles. The van der Waals surface area contributed by atoms with Crippen molar-refractivity contribution in [1.82, 2.24) is 9.97 Å². The normalized spacial score (nSPS) is 16.3. The zero-order valence-corrected chi connectivity index (χ0v) is 12.2. The van der Waals surface area contributed by atoms with Crippen LogP contribution in [0.4, 0.5) is 5.82 Å². The van der Waals surface area contributed by atoms with Crippen LogP contribution in [-0.2, 0) is 17.6 Å². The number of anilines is 1. The summed E-state index contributed by atoms with van der Waals surface area (Å²) in [6.07, 6.45) is 6.60. The molecule has 1 N–H and O–H groups in total. The van der Waals surface area contributed by atoms with Gasteiger partial charge in [-0.2, -0.15) is 0 Å². The zero-order chi connectivity index (χ0) is 13.2. The number of methoxy groups -OCH3 is 1. The number of thiophene rings is 1. The summed E-state index contributed by atoms with van der Waals surface area (Å²) >= 11 is 1.83. The van der Waals surface area contributed by atoms with Crippen molar-refractivity contribution in [2.75, 3.05) is 19.0 Å². The van der Waals surface area contributed by atoms with E-state index in [9.17, 15) is 0 Å². The van der Waals surface area contributed by atoms with Crippen LogP contribution in [0.2, 0.25) is 0 Å². The second-order valence-electron chi connectivity index (χ2n) is 5.11. The molecule has 0 aliphatic heterocycles. The Balaban J connectivity index is 2.01. The number of nitrogens with one attached hydrogen (secondary N) is 1. The number of ether oxygens (including phenoxy) is 1. The van der Waals surface area contributed by atoms with Crippen molar-refractivity contribution < 1.29 is 4.74 Å². The lowest BCUT2D eigenvalue weighted by Crippen LogP contribution is -2.21. The average Bonchev–Trinajstić information content (AvgIpc) is 2.78. The first-order valence-electron chi connectivity index (χ1n) is 6.80. The summed E-state index contributed by atoms with van der Waals surface area (Å²) in [6.45, 7) is 2.79. The number of fused-ring (bicyclic) bond motifs is 3. The van der Waals surface area contributed by atoms with Crippen molar-refractivity contribution in [2.24, 2.45) is 0 Å². The van der Waals surface area contributed by atoms with Gasteiger partial charge >= 0.3 is 0 Å². The molecule has 0 spiro atoms. The molecule has 5 heteroatoms. The SMILES string of the molecule is COC[C@H](C)Nc1ncnc2sc3c(c12)CCCC3. The van der Waals surface area contributed by atoms with Crippen molar-refractivity contribution in [2.45, 2.75) is 38.6 Å². The third-order valence-electron chi connectivity index (χ3n) is 3.55. The van der Waals surface area contributed by atoms with Crippen LogP contribution >= 0.6 is 11.3 Å². The fourth-order valence-electron chi connectivity index (χ4n) is 2.72. The molecule has 2 aromatic rings. The van der Waals surface area contributed by atoms with E-state index in [4.69, 9.17) is 4.74 Å². The highest BCUT2D eigenvalue weighted by atomic mass is 32.1. The van der Waals surface area contributed by atoms with Crippen LogP contribution in [0.25, 0.3) is 10.2 Å². The van der Waals surface area contributed by atoms with Gasteiger partial charge in [0.25, 0.3) is 0 Å². The van der Waals surface area contributed by atoms with Gasteiger partial charge in [-0.15, -0.1) is 11.3 Å². The van der Waals surface area contributed by atoms with Crippen molar-refractivity contribution in [3.63, 3.8) is 0 Å². The first kappa shape index (κ1) is 12.8. The summed E-state index contributed by atoms with van der Waals surface area (Å²) < 4.78 is 5.18. The Morgan fingerprint density at radius 2 is 2.21 bits per heavy atom. The van der Waals surface area contributed by atoms with E-state index in [-0.39, 0.29) is 6.04 Å². The van der Waals surface area contributed by atoms with E-state index in [1.807, 2.05) is 11.3 Å². The van der Waals surface area contributed by atoms with Crippen LogP contribution in [0.3, 0.4) is 0 Å². The van der Waals surface area contributed by atoms with Crippen LogP contribution in [0.1, 0.15) is 30.2 Å². The van der Waals surface area contributed by atoms with Crippen LogP contribution in [0.5, 0.6) is 0 Å². The summed E-state index contributed by atoms with van der Waals surface area (Å²) in [4.78, 5) is 11.5. The van der Waals surface area contributed by atoms with Gasteiger partial charge in [-0.05, 0) is 38.2 Å². The molecule has 102 valence electrons. The van der Waals surface area contributed by atoms with Crippen LogP contribution in [-0.4, -0.2) is 29.7 Å². The number of hydrogen-bond donors (Lipinski definition) is 1. The minimum Gasteiger partial charge on any atom is -0.383 e. The molecule has 1 atom stereocenters. The first-order valence-corrected chi connectivity index (χ1v) is 7.62. The third-order valence-corrected chi connectivity index (χ3v) is 4.75. The lowest BCUT2D eigenvalue weighted by atomic mass is 9.97. The predicted molar refractivity (Wildman–Crippen MR) is 79.0 cm³/mol. The molecule has 0 amide bonds. The topological polar surface area (TPSA) is 47.0 Å². The fourth-order valence-corrected chi connectivity index (χ4v) is 3.95. The molecule has 0 bridgehead atoms. The minimum absolute atomic E-state index is 0.252. The highest BCUT2D eigenvalue weighted by Crippen LogP contribution is 2.38. The summed E-state index contributed by atoms with van der Waals surface area (Å²) in [7, 11) is 1.72. The maximum Gasteiger partial charge on any atom is 0.138 e. The Morgan fingerprint density at radius 3 is 3.05 bits per heavy atom. The largest absolute Gasteiger partial charge is 0.383 e. The third kappa shape index (κ3) is 2.44. The maximum atomic E-state index is 5.18. The number of rotatable bonds is 4. The summed E-state index contributed by atoms with van der Waals surface area (Å²) in [5.41, 5.74) is 1.47. The second kappa shape index (κ2) is 5.43. The number of aromatic nitrogens is 2. The molecular weight excluding hydrogens is 258 g/mol.